The lowest BCUT2D eigenvalue weighted by Crippen LogP contribution is -2.51. The number of hydrogen-bond acceptors (Lipinski definition) is 4. The molecule has 0 saturated heterocycles. The van der Waals surface area contributed by atoms with E-state index in [1.54, 1.807) is 55.5 Å². The predicted octanol–water partition coefficient (Wildman–Crippen LogP) is 3.42. The number of amides is 2. The van der Waals surface area contributed by atoms with Crippen LogP contribution in [0.15, 0.2) is 53.0 Å². The number of benzene rings is 2. The normalized spacial score (nSPS) is 12.2. The average molecular weight is 531 g/mol. The summed E-state index contributed by atoms with van der Waals surface area (Å²) in [5, 5.41) is 3.03. The Morgan fingerprint density at radius 1 is 1.13 bits per heavy atom. The highest BCUT2D eigenvalue weighted by Gasteiger charge is 2.31. The third kappa shape index (κ3) is 6.69. The molecule has 0 radical (unpaired) electrons. The summed E-state index contributed by atoms with van der Waals surface area (Å²) in [6.45, 7) is 1.41. The molecular weight excluding hydrogens is 506 g/mol. The molecule has 0 unspecified atom stereocenters. The maximum absolute atomic E-state index is 13.4. The van der Waals surface area contributed by atoms with Gasteiger partial charge < -0.3 is 10.2 Å². The molecule has 168 valence electrons. The second-order valence-electron chi connectivity index (χ2n) is 6.90. The molecule has 10 heteroatoms. The van der Waals surface area contributed by atoms with E-state index < -0.39 is 28.5 Å². The molecule has 2 aromatic rings. The first-order valence-electron chi connectivity index (χ1n) is 9.56. The van der Waals surface area contributed by atoms with Crippen molar-refractivity contribution >= 4 is 55.1 Å². The van der Waals surface area contributed by atoms with Gasteiger partial charge in [-0.1, -0.05) is 52.7 Å². The first-order chi connectivity index (χ1) is 14.6. The number of likely N-dealkylation sites (N-methyl/N-ethyl adjacent to an activating group) is 1. The molecule has 0 bridgehead atoms. The largest absolute Gasteiger partial charge is 0.357 e. The zero-order chi connectivity index (χ0) is 23.2. The van der Waals surface area contributed by atoms with Crippen LogP contribution in [-0.4, -0.2) is 51.0 Å². The van der Waals surface area contributed by atoms with Gasteiger partial charge in [-0.3, -0.25) is 13.9 Å². The lowest BCUT2D eigenvalue weighted by Gasteiger charge is -2.32. The molecule has 0 aliphatic heterocycles. The topological polar surface area (TPSA) is 86.8 Å². The van der Waals surface area contributed by atoms with Crippen molar-refractivity contribution in [1.82, 2.24) is 10.2 Å². The Balaban J connectivity index is 2.43. The number of anilines is 1. The Morgan fingerprint density at radius 2 is 1.74 bits per heavy atom. The molecule has 1 atom stereocenters. The van der Waals surface area contributed by atoms with Crippen molar-refractivity contribution in [2.45, 2.75) is 25.9 Å². The van der Waals surface area contributed by atoms with Crippen LogP contribution in [-0.2, 0) is 26.2 Å². The summed E-state index contributed by atoms with van der Waals surface area (Å²) in [5.74, 6) is -0.846. The zero-order valence-electron chi connectivity index (χ0n) is 17.5. The van der Waals surface area contributed by atoms with Crippen molar-refractivity contribution in [3.05, 3.63) is 63.6 Å². The molecule has 2 rings (SSSR count). The molecule has 2 aromatic carbocycles. The molecule has 0 fully saturated rings. The summed E-state index contributed by atoms with van der Waals surface area (Å²) in [7, 11) is -2.26. The summed E-state index contributed by atoms with van der Waals surface area (Å²) in [5.41, 5.74) is 1.01. The van der Waals surface area contributed by atoms with Crippen LogP contribution in [0.5, 0.6) is 0 Å². The van der Waals surface area contributed by atoms with Gasteiger partial charge in [-0.25, -0.2) is 8.42 Å². The van der Waals surface area contributed by atoms with Crippen molar-refractivity contribution in [2.75, 3.05) is 24.2 Å². The molecule has 0 aromatic heterocycles. The van der Waals surface area contributed by atoms with Gasteiger partial charge in [0.05, 0.1) is 11.9 Å². The Kier molecular flexibility index (Phi) is 8.90. The van der Waals surface area contributed by atoms with Gasteiger partial charge in [0.2, 0.25) is 21.8 Å². The van der Waals surface area contributed by atoms with E-state index in [-0.39, 0.29) is 12.5 Å². The number of nitrogens with zero attached hydrogens (tertiary/aromatic N) is 2. The fourth-order valence-electron chi connectivity index (χ4n) is 3.12. The Morgan fingerprint density at radius 3 is 2.26 bits per heavy atom. The van der Waals surface area contributed by atoms with Gasteiger partial charge in [0.15, 0.2) is 0 Å². The summed E-state index contributed by atoms with van der Waals surface area (Å²) >= 11 is 9.59. The monoisotopic (exact) mass is 529 g/mol. The van der Waals surface area contributed by atoms with Crippen LogP contribution in [0.3, 0.4) is 0 Å². The molecule has 0 aliphatic carbocycles. The minimum Gasteiger partial charge on any atom is -0.357 e. The summed E-state index contributed by atoms with van der Waals surface area (Å²) < 4.78 is 26.7. The average Bonchev–Trinajstić information content (AvgIpc) is 2.72. The van der Waals surface area contributed by atoms with Gasteiger partial charge in [0, 0.05) is 23.1 Å². The Bertz CT molecular complexity index is 1030. The molecule has 0 heterocycles. The van der Waals surface area contributed by atoms with Crippen molar-refractivity contribution < 1.29 is 18.0 Å². The van der Waals surface area contributed by atoms with Crippen LogP contribution in [0.25, 0.3) is 0 Å². The molecule has 7 nitrogen and oxygen atoms in total. The number of carbonyl (C=O) groups excluding carboxylic acids is 2. The fraction of sp³-hybridized carbons (Fsp3) is 0.333. The van der Waals surface area contributed by atoms with E-state index in [9.17, 15) is 18.0 Å². The second-order valence-corrected chi connectivity index (χ2v) is 10.1. The lowest BCUT2D eigenvalue weighted by atomic mass is 10.1. The van der Waals surface area contributed by atoms with Crippen molar-refractivity contribution in [2.24, 2.45) is 0 Å². The summed E-state index contributed by atoms with van der Waals surface area (Å²) in [6, 6.07) is 12.8. The minimum absolute atomic E-state index is 0.0718. The Labute approximate surface area is 196 Å². The van der Waals surface area contributed by atoms with E-state index in [0.717, 1.165) is 15.0 Å². The van der Waals surface area contributed by atoms with Gasteiger partial charge in [-0.05, 0) is 42.3 Å². The highest BCUT2D eigenvalue weighted by Crippen LogP contribution is 2.23. The van der Waals surface area contributed by atoms with Crippen LogP contribution in [0.4, 0.5) is 5.69 Å². The highest BCUT2D eigenvalue weighted by molar-refractivity contribution is 9.10. The molecule has 0 saturated carbocycles. The van der Waals surface area contributed by atoms with Gasteiger partial charge in [0.1, 0.15) is 12.6 Å². The molecule has 31 heavy (non-hydrogen) atoms. The third-order valence-corrected chi connectivity index (χ3v) is 6.76. The molecule has 0 aliphatic rings. The number of hydrogen-bond donors (Lipinski definition) is 1. The first kappa shape index (κ1) is 25.2. The first-order valence-corrected chi connectivity index (χ1v) is 12.6. The number of halogens is 2. The number of nitrogens with one attached hydrogen (secondary N) is 1. The van der Waals surface area contributed by atoms with E-state index in [1.165, 1.54) is 11.9 Å². The maximum Gasteiger partial charge on any atom is 0.244 e. The molecule has 0 spiro atoms. The van der Waals surface area contributed by atoms with E-state index in [2.05, 4.69) is 21.2 Å². The van der Waals surface area contributed by atoms with E-state index in [1.807, 2.05) is 0 Å². The second kappa shape index (κ2) is 11.0. The minimum atomic E-state index is -3.75. The van der Waals surface area contributed by atoms with Crippen molar-refractivity contribution in [3.8, 4) is 0 Å². The van der Waals surface area contributed by atoms with Crippen LogP contribution in [0.2, 0.25) is 5.02 Å². The van der Waals surface area contributed by atoms with Gasteiger partial charge in [-0.2, -0.15) is 0 Å². The van der Waals surface area contributed by atoms with Crippen LogP contribution in [0.1, 0.15) is 18.9 Å². The third-order valence-electron chi connectivity index (χ3n) is 4.72. The van der Waals surface area contributed by atoms with Gasteiger partial charge >= 0.3 is 0 Å². The summed E-state index contributed by atoms with van der Waals surface area (Å²) in [4.78, 5) is 27.2. The molecule has 2 amide bonds. The maximum atomic E-state index is 13.4. The van der Waals surface area contributed by atoms with Crippen molar-refractivity contribution in [1.29, 1.82) is 0 Å². The zero-order valence-corrected chi connectivity index (χ0v) is 20.7. The fourth-order valence-corrected chi connectivity index (χ4v) is 4.43. The summed E-state index contributed by atoms with van der Waals surface area (Å²) in [6.07, 6.45) is 1.39. The SMILES string of the molecule is CC[C@H](C(=O)NC)N(Cc1ccccc1Cl)C(=O)CN(c1ccc(Br)cc1)S(C)(=O)=O. The van der Waals surface area contributed by atoms with Gasteiger partial charge in [0.25, 0.3) is 0 Å². The Hall–Kier alpha value is -2.10. The standard InChI is InChI=1S/C21H25BrClN3O4S/c1-4-19(21(28)24-2)25(13-15-7-5-6-8-18(15)23)20(27)14-26(31(3,29)30)17-11-9-16(22)10-12-17/h5-12,19H,4,13-14H2,1-3H3,(H,24,28)/t19-/m1/s1. The van der Waals surface area contributed by atoms with Crippen molar-refractivity contribution in [3.63, 3.8) is 0 Å². The van der Waals surface area contributed by atoms with E-state index in [4.69, 9.17) is 11.6 Å². The molecular formula is C21H25BrClN3O4S. The molecule has 1 N–H and O–H groups in total. The number of rotatable bonds is 9. The lowest BCUT2D eigenvalue weighted by molar-refractivity contribution is -0.140. The number of carbonyl (C=O) groups is 2. The highest BCUT2D eigenvalue weighted by atomic mass is 79.9. The quantitative estimate of drug-likeness (QED) is 0.538. The van der Waals surface area contributed by atoms with E-state index >= 15 is 0 Å². The van der Waals surface area contributed by atoms with Crippen LogP contribution < -0.4 is 9.62 Å². The van der Waals surface area contributed by atoms with E-state index in [0.29, 0.717) is 22.7 Å². The number of sulfonamides is 1. The van der Waals surface area contributed by atoms with Gasteiger partial charge in [-0.15, -0.1) is 0 Å². The van der Waals surface area contributed by atoms with Crippen LogP contribution >= 0.6 is 27.5 Å². The predicted molar refractivity (Wildman–Crippen MR) is 126 cm³/mol. The smallest absolute Gasteiger partial charge is 0.244 e. The van der Waals surface area contributed by atoms with Crippen LogP contribution in [0, 0.1) is 0 Å².